The van der Waals surface area contributed by atoms with Crippen LogP contribution in [0.2, 0.25) is 0 Å². The van der Waals surface area contributed by atoms with Crippen molar-refractivity contribution >= 4 is 5.78 Å². The molecule has 0 atom stereocenters. The normalized spacial score (nSPS) is 18.5. The van der Waals surface area contributed by atoms with E-state index in [1.165, 1.54) is 5.56 Å². The summed E-state index contributed by atoms with van der Waals surface area (Å²) in [6, 6.07) is 8.22. The SMILES string of the molecule is CCN(CC)Cc1cccc(C2(O)CCC(=O)CC2)c1. The van der Waals surface area contributed by atoms with E-state index in [4.69, 9.17) is 0 Å². The molecule has 0 aromatic heterocycles. The predicted molar refractivity (Wildman–Crippen MR) is 80.4 cm³/mol. The van der Waals surface area contributed by atoms with Gasteiger partial charge in [0.1, 0.15) is 5.78 Å². The lowest BCUT2D eigenvalue weighted by Crippen LogP contribution is -2.31. The van der Waals surface area contributed by atoms with Crippen LogP contribution in [0.3, 0.4) is 0 Å². The van der Waals surface area contributed by atoms with E-state index in [9.17, 15) is 9.90 Å². The molecule has 0 amide bonds. The zero-order valence-electron chi connectivity index (χ0n) is 12.6. The first-order chi connectivity index (χ1) is 9.57. The van der Waals surface area contributed by atoms with Crippen LogP contribution in [0.4, 0.5) is 0 Å². The van der Waals surface area contributed by atoms with Gasteiger partial charge in [0.05, 0.1) is 5.60 Å². The number of hydrogen-bond donors (Lipinski definition) is 1. The van der Waals surface area contributed by atoms with Gasteiger partial charge in [0, 0.05) is 19.4 Å². The molecule has 0 spiro atoms. The quantitative estimate of drug-likeness (QED) is 0.898. The van der Waals surface area contributed by atoms with Crippen molar-refractivity contribution < 1.29 is 9.90 Å². The van der Waals surface area contributed by atoms with Crippen LogP contribution in [0.15, 0.2) is 24.3 Å². The Labute approximate surface area is 121 Å². The van der Waals surface area contributed by atoms with E-state index in [2.05, 4.69) is 30.9 Å². The van der Waals surface area contributed by atoms with Crippen LogP contribution in [0.1, 0.15) is 50.7 Å². The fourth-order valence-electron chi connectivity index (χ4n) is 2.90. The summed E-state index contributed by atoms with van der Waals surface area (Å²) in [6.07, 6.45) is 2.11. The molecule has 1 saturated carbocycles. The Morgan fingerprint density at radius 1 is 1.20 bits per heavy atom. The van der Waals surface area contributed by atoms with Crippen LogP contribution < -0.4 is 0 Å². The second-order valence-electron chi connectivity index (χ2n) is 5.73. The number of carbonyl (C=O) groups excluding carboxylic acids is 1. The number of benzene rings is 1. The third kappa shape index (κ3) is 3.47. The molecular formula is C17H25NO2. The number of rotatable bonds is 5. The lowest BCUT2D eigenvalue weighted by atomic mass is 9.79. The summed E-state index contributed by atoms with van der Waals surface area (Å²) in [5.74, 6) is 0.272. The highest BCUT2D eigenvalue weighted by Crippen LogP contribution is 2.36. The molecule has 1 aromatic carbocycles. The van der Waals surface area contributed by atoms with Crippen LogP contribution >= 0.6 is 0 Å². The Morgan fingerprint density at radius 3 is 2.45 bits per heavy atom. The Kier molecular flexibility index (Phi) is 4.95. The van der Waals surface area contributed by atoms with Crippen LogP contribution in [0.5, 0.6) is 0 Å². The van der Waals surface area contributed by atoms with Gasteiger partial charge >= 0.3 is 0 Å². The molecule has 1 aliphatic carbocycles. The highest BCUT2D eigenvalue weighted by Gasteiger charge is 2.34. The third-order valence-electron chi connectivity index (χ3n) is 4.40. The fraction of sp³-hybridized carbons (Fsp3) is 0.588. The van der Waals surface area contributed by atoms with Crippen molar-refractivity contribution in [2.24, 2.45) is 0 Å². The van der Waals surface area contributed by atoms with E-state index in [-0.39, 0.29) is 5.78 Å². The number of Topliss-reactive ketones (excluding diaryl/α,β-unsaturated/α-hetero) is 1. The fourth-order valence-corrected chi connectivity index (χ4v) is 2.90. The molecule has 0 radical (unpaired) electrons. The summed E-state index contributed by atoms with van der Waals surface area (Å²) >= 11 is 0. The summed E-state index contributed by atoms with van der Waals surface area (Å²) in [7, 11) is 0. The van der Waals surface area contributed by atoms with Gasteiger partial charge in [0.2, 0.25) is 0 Å². The maximum absolute atomic E-state index is 11.4. The molecule has 110 valence electrons. The molecule has 1 fully saturated rings. The van der Waals surface area contributed by atoms with E-state index < -0.39 is 5.60 Å². The molecule has 0 bridgehead atoms. The number of hydrogen-bond acceptors (Lipinski definition) is 3. The molecule has 1 aromatic rings. The van der Waals surface area contributed by atoms with E-state index in [1.807, 2.05) is 12.1 Å². The molecule has 0 saturated heterocycles. The summed E-state index contributed by atoms with van der Waals surface area (Å²) in [5.41, 5.74) is 1.39. The zero-order chi connectivity index (χ0) is 14.6. The largest absolute Gasteiger partial charge is 0.385 e. The maximum Gasteiger partial charge on any atom is 0.133 e. The second kappa shape index (κ2) is 6.51. The van der Waals surface area contributed by atoms with Crippen LogP contribution in [0.25, 0.3) is 0 Å². The van der Waals surface area contributed by atoms with Gasteiger partial charge in [-0.25, -0.2) is 0 Å². The van der Waals surface area contributed by atoms with E-state index in [0.717, 1.165) is 25.2 Å². The minimum absolute atomic E-state index is 0.272. The Bertz CT molecular complexity index is 456. The lowest BCUT2D eigenvalue weighted by Gasteiger charge is -2.32. The first-order valence-corrected chi connectivity index (χ1v) is 7.63. The molecule has 20 heavy (non-hydrogen) atoms. The van der Waals surface area contributed by atoms with Crippen LogP contribution in [0, 0.1) is 0 Å². The highest BCUT2D eigenvalue weighted by atomic mass is 16.3. The molecule has 0 aliphatic heterocycles. The topological polar surface area (TPSA) is 40.5 Å². The van der Waals surface area contributed by atoms with Gasteiger partial charge in [-0.15, -0.1) is 0 Å². The van der Waals surface area contributed by atoms with Crippen molar-refractivity contribution in [1.82, 2.24) is 4.90 Å². The molecular weight excluding hydrogens is 250 g/mol. The summed E-state index contributed by atoms with van der Waals surface area (Å²) < 4.78 is 0. The molecule has 2 rings (SSSR count). The van der Waals surface area contributed by atoms with Gasteiger partial charge in [-0.05, 0) is 37.1 Å². The smallest absolute Gasteiger partial charge is 0.133 e. The lowest BCUT2D eigenvalue weighted by molar-refractivity contribution is -0.125. The minimum Gasteiger partial charge on any atom is -0.385 e. The zero-order valence-corrected chi connectivity index (χ0v) is 12.6. The van der Waals surface area contributed by atoms with Crippen molar-refractivity contribution in [2.45, 2.75) is 51.7 Å². The van der Waals surface area contributed by atoms with Crippen molar-refractivity contribution in [3.05, 3.63) is 35.4 Å². The number of ketones is 1. The average Bonchev–Trinajstić information content (AvgIpc) is 2.48. The predicted octanol–water partition coefficient (Wildman–Crippen LogP) is 2.86. The molecule has 1 aliphatic rings. The monoisotopic (exact) mass is 275 g/mol. The number of aliphatic hydroxyl groups is 1. The van der Waals surface area contributed by atoms with Crippen molar-refractivity contribution in [3.63, 3.8) is 0 Å². The maximum atomic E-state index is 11.4. The van der Waals surface area contributed by atoms with Gasteiger partial charge < -0.3 is 5.11 Å². The Morgan fingerprint density at radius 2 is 1.85 bits per heavy atom. The second-order valence-corrected chi connectivity index (χ2v) is 5.73. The number of nitrogens with zero attached hydrogens (tertiary/aromatic N) is 1. The first-order valence-electron chi connectivity index (χ1n) is 7.63. The molecule has 0 unspecified atom stereocenters. The van der Waals surface area contributed by atoms with E-state index in [1.54, 1.807) is 0 Å². The molecule has 1 N–H and O–H groups in total. The van der Waals surface area contributed by atoms with Crippen molar-refractivity contribution in [1.29, 1.82) is 0 Å². The van der Waals surface area contributed by atoms with E-state index >= 15 is 0 Å². The van der Waals surface area contributed by atoms with Gasteiger partial charge in [-0.1, -0.05) is 38.1 Å². The molecule has 3 heteroatoms. The Hall–Kier alpha value is -1.19. The highest BCUT2D eigenvalue weighted by molar-refractivity contribution is 5.79. The molecule has 3 nitrogen and oxygen atoms in total. The van der Waals surface area contributed by atoms with Gasteiger partial charge in [-0.2, -0.15) is 0 Å². The van der Waals surface area contributed by atoms with Gasteiger partial charge in [-0.3, -0.25) is 9.69 Å². The minimum atomic E-state index is -0.812. The molecule has 0 heterocycles. The first kappa shape index (κ1) is 15.2. The van der Waals surface area contributed by atoms with Crippen LogP contribution in [-0.4, -0.2) is 28.9 Å². The van der Waals surface area contributed by atoms with Gasteiger partial charge in [0.15, 0.2) is 0 Å². The third-order valence-corrected chi connectivity index (χ3v) is 4.40. The average molecular weight is 275 g/mol. The van der Waals surface area contributed by atoms with E-state index in [0.29, 0.717) is 25.7 Å². The number of carbonyl (C=O) groups is 1. The van der Waals surface area contributed by atoms with Crippen molar-refractivity contribution in [2.75, 3.05) is 13.1 Å². The van der Waals surface area contributed by atoms with Gasteiger partial charge in [0.25, 0.3) is 0 Å². The Balaban J connectivity index is 2.14. The summed E-state index contributed by atoms with van der Waals surface area (Å²) in [4.78, 5) is 13.7. The summed E-state index contributed by atoms with van der Waals surface area (Å²) in [5, 5.41) is 10.8. The van der Waals surface area contributed by atoms with Crippen LogP contribution in [-0.2, 0) is 16.9 Å². The standard InChI is InChI=1S/C17H25NO2/c1-3-18(4-2)13-14-6-5-7-15(12-14)17(20)10-8-16(19)9-11-17/h5-7,12,20H,3-4,8-11,13H2,1-2H3. The van der Waals surface area contributed by atoms with Crippen molar-refractivity contribution in [3.8, 4) is 0 Å². The summed E-state index contributed by atoms with van der Waals surface area (Å²) in [6.45, 7) is 7.29.